The number of carbonyl (C=O) groups is 2. The number of fused-ring (bicyclic) bond motifs is 1. The lowest BCUT2D eigenvalue weighted by molar-refractivity contribution is -0.148. The second kappa shape index (κ2) is 11.1. The van der Waals surface area contributed by atoms with Gasteiger partial charge < -0.3 is 23.9 Å². The van der Waals surface area contributed by atoms with Crippen LogP contribution in [-0.2, 0) is 20.7 Å². The van der Waals surface area contributed by atoms with Crippen molar-refractivity contribution < 1.29 is 28.2 Å². The molecule has 4 rings (SSSR count). The van der Waals surface area contributed by atoms with Crippen molar-refractivity contribution in [3.8, 4) is 22.8 Å². The van der Waals surface area contributed by atoms with Crippen LogP contribution in [0.15, 0.2) is 53.1 Å². The second-order valence-electron chi connectivity index (χ2n) is 8.84. The zero-order valence-corrected chi connectivity index (χ0v) is 20.2. The highest BCUT2D eigenvalue weighted by Gasteiger charge is 2.22. The number of nitrogens with one attached hydrogen (secondary N) is 1. The van der Waals surface area contributed by atoms with E-state index in [0.717, 1.165) is 16.7 Å². The molecule has 8 nitrogen and oxygen atoms in total. The van der Waals surface area contributed by atoms with Gasteiger partial charge in [-0.15, -0.1) is 0 Å². The van der Waals surface area contributed by atoms with Gasteiger partial charge in [-0.2, -0.15) is 0 Å². The van der Waals surface area contributed by atoms with Gasteiger partial charge in [0.15, 0.2) is 29.8 Å². The van der Waals surface area contributed by atoms with Gasteiger partial charge in [-0.05, 0) is 30.5 Å². The van der Waals surface area contributed by atoms with Crippen molar-refractivity contribution in [1.29, 1.82) is 0 Å². The topological polar surface area (TPSA) is 99.9 Å². The zero-order chi connectivity index (χ0) is 24.8. The summed E-state index contributed by atoms with van der Waals surface area (Å²) in [5.74, 6) is 1.70. The van der Waals surface area contributed by atoms with Gasteiger partial charge in [0.05, 0.1) is 18.7 Å². The number of hydrogen-bond acceptors (Lipinski definition) is 7. The third kappa shape index (κ3) is 6.41. The van der Waals surface area contributed by atoms with Crippen molar-refractivity contribution in [2.75, 3.05) is 19.8 Å². The maximum Gasteiger partial charge on any atom is 0.306 e. The molecule has 2 heterocycles. The highest BCUT2D eigenvalue weighted by atomic mass is 16.6. The number of aromatic nitrogens is 1. The number of rotatable bonds is 9. The number of benzene rings is 2. The first-order chi connectivity index (χ1) is 16.9. The molecule has 35 heavy (non-hydrogen) atoms. The molecule has 184 valence electrons. The summed E-state index contributed by atoms with van der Waals surface area (Å²) in [4.78, 5) is 28.9. The molecule has 1 aliphatic heterocycles. The van der Waals surface area contributed by atoms with Crippen LogP contribution in [0.4, 0.5) is 0 Å². The number of aryl methyl sites for hydroxylation is 2. The van der Waals surface area contributed by atoms with Crippen molar-refractivity contribution in [3.63, 3.8) is 0 Å². The van der Waals surface area contributed by atoms with Gasteiger partial charge >= 0.3 is 5.97 Å². The highest BCUT2D eigenvalue weighted by molar-refractivity contribution is 5.81. The molecule has 2 aromatic carbocycles. The predicted octanol–water partition coefficient (Wildman–Crippen LogP) is 4.41. The van der Waals surface area contributed by atoms with Crippen LogP contribution in [0.5, 0.6) is 11.5 Å². The van der Waals surface area contributed by atoms with E-state index in [1.54, 1.807) is 6.20 Å². The van der Waals surface area contributed by atoms with E-state index in [1.807, 2.05) is 63.2 Å². The summed E-state index contributed by atoms with van der Waals surface area (Å²) in [6.45, 7) is 6.69. The summed E-state index contributed by atoms with van der Waals surface area (Å²) in [6, 6.07) is 13.3. The third-order valence-corrected chi connectivity index (χ3v) is 5.71. The van der Waals surface area contributed by atoms with E-state index < -0.39 is 5.97 Å². The van der Waals surface area contributed by atoms with Crippen molar-refractivity contribution in [2.45, 2.75) is 39.7 Å². The van der Waals surface area contributed by atoms with E-state index in [-0.39, 0.29) is 37.3 Å². The highest BCUT2D eigenvalue weighted by Crippen LogP contribution is 2.34. The molecule has 0 aliphatic carbocycles. The van der Waals surface area contributed by atoms with E-state index in [4.69, 9.17) is 18.6 Å². The zero-order valence-electron chi connectivity index (χ0n) is 20.2. The van der Waals surface area contributed by atoms with E-state index >= 15 is 0 Å². The Bertz CT molecular complexity index is 1170. The lowest BCUT2D eigenvalue weighted by atomic mass is 9.95. The molecule has 1 unspecified atom stereocenters. The number of ether oxygens (including phenoxy) is 3. The molecule has 1 atom stereocenters. The van der Waals surface area contributed by atoms with Crippen LogP contribution in [-0.4, -0.2) is 36.7 Å². The summed E-state index contributed by atoms with van der Waals surface area (Å²) in [6.07, 6.45) is 2.00. The minimum absolute atomic E-state index is 0.0664. The van der Waals surface area contributed by atoms with Crippen molar-refractivity contribution in [1.82, 2.24) is 10.3 Å². The van der Waals surface area contributed by atoms with Crippen molar-refractivity contribution >= 4 is 11.9 Å². The van der Waals surface area contributed by atoms with Gasteiger partial charge in [-0.25, -0.2) is 4.98 Å². The van der Waals surface area contributed by atoms with Crippen LogP contribution >= 0.6 is 0 Å². The van der Waals surface area contributed by atoms with Gasteiger partial charge in [-0.3, -0.25) is 9.59 Å². The predicted molar refractivity (Wildman–Crippen MR) is 129 cm³/mol. The quantitative estimate of drug-likeness (QED) is 0.455. The van der Waals surface area contributed by atoms with Crippen molar-refractivity contribution in [2.24, 2.45) is 5.92 Å². The minimum atomic E-state index is -0.490. The molecule has 1 N–H and O–H groups in total. The second-order valence-corrected chi connectivity index (χ2v) is 8.84. The minimum Gasteiger partial charge on any atom is -0.486 e. The number of oxazole rings is 1. The number of nitrogens with zero attached hydrogens (tertiary/aromatic N) is 1. The summed E-state index contributed by atoms with van der Waals surface area (Å²) in [5, 5.41) is 2.95. The summed E-state index contributed by atoms with van der Waals surface area (Å²) < 4.78 is 22.1. The number of esters is 1. The monoisotopic (exact) mass is 478 g/mol. The van der Waals surface area contributed by atoms with Crippen LogP contribution < -0.4 is 14.8 Å². The molecule has 3 aromatic rings. The maximum atomic E-state index is 12.5. The normalized spacial score (nSPS) is 13.4. The first-order valence-corrected chi connectivity index (χ1v) is 11.8. The van der Waals surface area contributed by atoms with Crippen LogP contribution in [0.25, 0.3) is 11.3 Å². The number of amides is 1. The van der Waals surface area contributed by atoms with E-state index in [9.17, 15) is 9.59 Å². The Morgan fingerprint density at radius 3 is 2.54 bits per heavy atom. The van der Waals surface area contributed by atoms with Crippen LogP contribution in [0.2, 0.25) is 0 Å². The molecule has 0 bridgehead atoms. The van der Waals surface area contributed by atoms with E-state index in [0.29, 0.717) is 36.4 Å². The standard InChI is InChI=1S/C27H30N2O6/c1-17(2)27(20-8-9-21-22(14-20)33-13-12-32-21)29-24(30)16-34-26(31)11-10-25-28-15-23(35-25)19-6-4-18(3)5-7-19/h4-9,14-15,17,27H,10-13,16H2,1-3H3,(H,29,30). The van der Waals surface area contributed by atoms with Crippen LogP contribution in [0, 0.1) is 12.8 Å². The molecule has 1 aromatic heterocycles. The maximum absolute atomic E-state index is 12.5. The Morgan fingerprint density at radius 1 is 1.06 bits per heavy atom. The van der Waals surface area contributed by atoms with Gasteiger partial charge in [0.2, 0.25) is 0 Å². The van der Waals surface area contributed by atoms with Crippen LogP contribution in [0.3, 0.4) is 0 Å². The fraction of sp³-hybridized carbons (Fsp3) is 0.370. The smallest absolute Gasteiger partial charge is 0.306 e. The molecule has 0 radical (unpaired) electrons. The van der Waals surface area contributed by atoms with E-state index in [2.05, 4.69) is 10.3 Å². The third-order valence-electron chi connectivity index (χ3n) is 5.71. The average molecular weight is 479 g/mol. The fourth-order valence-corrected chi connectivity index (χ4v) is 3.81. The van der Waals surface area contributed by atoms with Gasteiger partial charge in [0, 0.05) is 12.0 Å². The lowest BCUT2D eigenvalue weighted by Gasteiger charge is -2.25. The molecular weight excluding hydrogens is 448 g/mol. The fourth-order valence-electron chi connectivity index (χ4n) is 3.81. The summed E-state index contributed by atoms with van der Waals surface area (Å²) >= 11 is 0. The van der Waals surface area contributed by atoms with Gasteiger partial charge in [0.1, 0.15) is 13.2 Å². The molecular formula is C27H30N2O6. The molecule has 0 saturated heterocycles. The first kappa shape index (κ1) is 24.3. The largest absolute Gasteiger partial charge is 0.486 e. The molecule has 0 fully saturated rings. The molecule has 0 spiro atoms. The molecule has 8 heteroatoms. The van der Waals surface area contributed by atoms with Gasteiger partial charge in [0.25, 0.3) is 5.91 Å². The number of hydrogen-bond donors (Lipinski definition) is 1. The lowest BCUT2D eigenvalue weighted by Crippen LogP contribution is -2.35. The summed E-state index contributed by atoms with van der Waals surface area (Å²) in [5.41, 5.74) is 2.98. The molecule has 0 saturated carbocycles. The molecule has 1 amide bonds. The van der Waals surface area contributed by atoms with E-state index in [1.165, 1.54) is 0 Å². The Morgan fingerprint density at radius 2 is 1.80 bits per heavy atom. The van der Waals surface area contributed by atoms with Crippen LogP contribution in [0.1, 0.15) is 43.3 Å². The van der Waals surface area contributed by atoms with Gasteiger partial charge in [-0.1, -0.05) is 49.7 Å². The summed E-state index contributed by atoms with van der Waals surface area (Å²) in [7, 11) is 0. The molecule has 1 aliphatic rings. The Hall–Kier alpha value is -3.81. The van der Waals surface area contributed by atoms with Crippen molar-refractivity contribution in [3.05, 3.63) is 65.7 Å². The SMILES string of the molecule is Cc1ccc(-c2cnc(CCC(=O)OCC(=O)NC(c3ccc4c(c3)OCCO4)C(C)C)o2)cc1. The Kier molecular flexibility index (Phi) is 7.70. The first-order valence-electron chi connectivity index (χ1n) is 11.8. The number of carbonyl (C=O) groups excluding carboxylic acids is 2. The Balaban J connectivity index is 1.25. The Labute approximate surface area is 204 Å². The average Bonchev–Trinajstić information content (AvgIpc) is 3.34.